The molecule has 2 rings (SSSR count). The van der Waals surface area contributed by atoms with Crippen LogP contribution in [0, 0.1) is 0 Å². The van der Waals surface area contributed by atoms with Gasteiger partial charge in [-0.25, -0.2) is 0 Å². The molecule has 4 heteroatoms. The maximum absolute atomic E-state index is 10.0. The van der Waals surface area contributed by atoms with E-state index in [1.807, 2.05) is 32.9 Å². The van der Waals surface area contributed by atoms with Crippen LogP contribution in [-0.4, -0.2) is 20.6 Å². The van der Waals surface area contributed by atoms with Gasteiger partial charge in [0.05, 0.1) is 0 Å². The number of hydrogen-bond acceptors (Lipinski definition) is 3. The Hall–Kier alpha value is -1.97. The normalized spacial score (nSPS) is 12.5. The van der Waals surface area contributed by atoms with E-state index in [1.165, 1.54) is 5.56 Å². The molecule has 0 aliphatic rings. The highest BCUT2D eigenvalue weighted by Gasteiger charge is 2.17. The van der Waals surface area contributed by atoms with Gasteiger partial charge in [-0.15, -0.1) is 0 Å². The molecule has 3 N–H and O–H groups in total. The van der Waals surface area contributed by atoms with Gasteiger partial charge in [0, 0.05) is 11.1 Å². The van der Waals surface area contributed by atoms with Crippen LogP contribution in [0.3, 0.4) is 0 Å². The van der Waals surface area contributed by atoms with Gasteiger partial charge in [-0.3, -0.25) is 0 Å². The number of nitrogens with zero attached hydrogens (tertiary/aromatic N) is 1. The predicted molar refractivity (Wildman–Crippen MR) is 87.8 cm³/mol. The summed E-state index contributed by atoms with van der Waals surface area (Å²) in [6.45, 7) is 12.7. The summed E-state index contributed by atoms with van der Waals surface area (Å²) in [5.74, 6) is 0.597. The predicted octanol–water partition coefficient (Wildman–Crippen LogP) is 4.29. The molecule has 0 radical (unpaired) electrons. The number of imidazole rings is 1. The van der Waals surface area contributed by atoms with Crippen LogP contribution in [0.15, 0.2) is 24.3 Å². The molecular formula is C17H25N3O. The van der Waals surface area contributed by atoms with Gasteiger partial charge in [-0.2, -0.15) is 4.98 Å². The highest BCUT2D eigenvalue weighted by Crippen LogP contribution is 2.31. The van der Waals surface area contributed by atoms with Crippen molar-refractivity contribution < 1.29 is 5.11 Å². The number of H-pyrrole nitrogens is 1. The fraction of sp³-hybridized carbons (Fsp3) is 0.471. The third-order valence-corrected chi connectivity index (χ3v) is 3.22. The second-order valence-electron chi connectivity index (χ2n) is 7.49. The quantitative estimate of drug-likeness (QED) is 0.772. The molecule has 0 fully saturated rings. The van der Waals surface area contributed by atoms with Crippen molar-refractivity contribution in [3.63, 3.8) is 0 Å². The lowest BCUT2D eigenvalue weighted by molar-refractivity contribution is 0.458. The molecule has 0 aliphatic carbocycles. The number of aromatic amines is 1. The molecule has 0 saturated heterocycles. The molecule has 1 heterocycles. The van der Waals surface area contributed by atoms with Gasteiger partial charge in [0.2, 0.25) is 11.8 Å². The van der Waals surface area contributed by atoms with Crippen LogP contribution < -0.4 is 5.32 Å². The first-order valence-electron chi connectivity index (χ1n) is 7.24. The molecular weight excluding hydrogens is 262 g/mol. The molecule has 1 aromatic heterocycles. The Balaban J connectivity index is 2.30. The van der Waals surface area contributed by atoms with E-state index in [0.717, 1.165) is 5.56 Å². The van der Waals surface area contributed by atoms with Crippen LogP contribution in [0.4, 0.5) is 5.95 Å². The first-order chi connectivity index (χ1) is 9.56. The Labute approximate surface area is 126 Å². The van der Waals surface area contributed by atoms with Crippen molar-refractivity contribution in [2.45, 2.75) is 52.5 Å². The first kappa shape index (κ1) is 15.4. The monoisotopic (exact) mass is 287 g/mol. The van der Waals surface area contributed by atoms with Crippen molar-refractivity contribution in [1.82, 2.24) is 9.97 Å². The summed E-state index contributed by atoms with van der Waals surface area (Å²) in [4.78, 5) is 7.27. The van der Waals surface area contributed by atoms with Gasteiger partial charge in [-0.05, 0) is 31.7 Å². The Morgan fingerprint density at radius 1 is 1.00 bits per heavy atom. The smallest absolute Gasteiger partial charge is 0.239 e. The number of rotatable bonds is 2. The van der Waals surface area contributed by atoms with E-state index in [4.69, 9.17) is 0 Å². The average Bonchev–Trinajstić information content (AvgIpc) is 2.66. The standard InChI is InChI=1S/C17H25N3O/c1-16(2,3)12-9-7-11(8-10-12)13-14(21)19-15(18-13)20-17(4,5)6/h7-10,21H,1-6H3,(H2,18,19,20). The Morgan fingerprint density at radius 2 is 1.57 bits per heavy atom. The summed E-state index contributed by atoms with van der Waals surface area (Å²) in [6, 6.07) is 8.20. The molecule has 0 saturated carbocycles. The van der Waals surface area contributed by atoms with Gasteiger partial charge in [0.25, 0.3) is 0 Å². The Kier molecular flexibility index (Phi) is 3.74. The molecule has 0 aliphatic heterocycles. The molecule has 21 heavy (non-hydrogen) atoms. The van der Waals surface area contributed by atoms with E-state index in [9.17, 15) is 5.11 Å². The molecule has 2 aromatic rings. The highest BCUT2D eigenvalue weighted by molar-refractivity contribution is 5.67. The van der Waals surface area contributed by atoms with Crippen molar-refractivity contribution in [1.29, 1.82) is 0 Å². The average molecular weight is 287 g/mol. The second kappa shape index (κ2) is 5.10. The maximum atomic E-state index is 10.0. The summed E-state index contributed by atoms with van der Waals surface area (Å²) >= 11 is 0. The van der Waals surface area contributed by atoms with Crippen LogP contribution in [0.5, 0.6) is 5.88 Å². The van der Waals surface area contributed by atoms with E-state index in [2.05, 4.69) is 48.2 Å². The second-order valence-corrected chi connectivity index (χ2v) is 7.49. The van der Waals surface area contributed by atoms with Crippen LogP contribution in [0.2, 0.25) is 0 Å². The van der Waals surface area contributed by atoms with E-state index in [0.29, 0.717) is 11.6 Å². The fourth-order valence-electron chi connectivity index (χ4n) is 2.12. The van der Waals surface area contributed by atoms with E-state index >= 15 is 0 Å². The van der Waals surface area contributed by atoms with Gasteiger partial charge in [0.15, 0.2) is 0 Å². The molecule has 0 bridgehead atoms. The summed E-state index contributed by atoms with van der Waals surface area (Å²) in [5, 5.41) is 13.2. The Bertz CT molecular complexity index is 613. The third-order valence-electron chi connectivity index (χ3n) is 3.22. The third kappa shape index (κ3) is 3.78. The van der Waals surface area contributed by atoms with Crippen molar-refractivity contribution in [2.75, 3.05) is 5.32 Å². The molecule has 4 nitrogen and oxygen atoms in total. The van der Waals surface area contributed by atoms with E-state index in [-0.39, 0.29) is 16.8 Å². The number of hydrogen-bond donors (Lipinski definition) is 3. The van der Waals surface area contributed by atoms with Crippen LogP contribution in [0.1, 0.15) is 47.1 Å². The van der Waals surface area contributed by atoms with Crippen LogP contribution >= 0.6 is 0 Å². The molecule has 0 spiro atoms. The van der Waals surface area contributed by atoms with Gasteiger partial charge >= 0.3 is 0 Å². The lowest BCUT2D eigenvalue weighted by Gasteiger charge is -2.19. The summed E-state index contributed by atoms with van der Waals surface area (Å²) in [6.07, 6.45) is 0. The topological polar surface area (TPSA) is 60.9 Å². The largest absolute Gasteiger partial charge is 0.492 e. The first-order valence-corrected chi connectivity index (χ1v) is 7.24. The zero-order valence-electron chi connectivity index (χ0n) is 13.7. The summed E-state index contributed by atoms with van der Waals surface area (Å²) < 4.78 is 0. The molecule has 114 valence electrons. The molecule has 1 aromatic carbocycles. The minimum atomic E-state index is -0.113. The van der Waals surface area contributed by atoms with Crippen molar-refractivity contribution in [2.24, 2.45) is 0 Å². The Morgan fingerprint density at radius 3 is 2.05 bits per heavy atom. The molecule has 0 unspecified atom stereocenters. The SMILES string of the molecule is CC(C)(C)Nc1nc(O)c(-c2ccc(C(C)(C)C)cc2)[nH]1. The van der Waals surface area contributed by atoms with Crippen LogP contribution in [0.25, 0.3) is 11.3 Å². The van der Waals surface area contributed by atoms with E-state index < -0.39 is 0 Å². The number of aromatic hydroxyl groups is 1. The number of aromatic nitrogens is 2. The minimum absolute atomic E-state index is 0.0188. The maximum Gasteiger partial charge on any atom is 0.239 e. The van der Waals surface area contributed by atoms with Crippen molar-refractivity contribution in [3.05, 3.63) is 29.8 Å². The lowest BCUT2D eigenvalue weighted by atomic mass is 9.86. The van der Waals surface area contributed by atoms with Crippen molar-refractivity contribution >= 4 is 5.95 Å². The summed E-state index contributed by atoms with van der Waals surface area (Å²) in [5.41, 5.74) is 2.83. The molecule has 0 amide bonds. The van der Waals surface area contributed by atoms with Gasteiger partial charge in [-0.1, -0.05) is 45.0 Å². The van der Waals surface area contributed by atoms with Crippen LogP contribution in [-0.2, 0) is 5.41 Å². The fourth-order valence-corrected chi connectivity index (χ4v) is 2.12. The number of benzene rings is 1. The summed E-state index contributed by atoms with van der Waals surface area (Å²) in [7, 11) is 0. The highest BCUT2D eigenvalue weighted by atomic mass is 16.3. The van der Waals surface area contributed by atoms with Gasteiger partial charge in [0.1, 0.15) is 5.69 Å². The van der Waals surface area contributed by atoms with Gasteiger partial charge < -0.3 is 15.4 Å². The van der Waals surface area contributed by atoms with E-state index in [1.54, 1.807) is 0 Å². The zero-order chi connectivity index (χ0) is 15.8. The number of nitrogens with one attached hydrogen (secondary N) is 2. The minimum Gasteiger partial charge on any atom is -0.492 e. The molecule has 0 atom stereocenters. The van der Waals surface area contributed by atoms with Crippen molar-refractivity contribution in [3.8, 4) is 17.1 Å². The number of anilines is 1. The lowest BCUT2D eigenvalue weighted by Crippen LogP contribution is -2.26. The zero-order valence-corrected chi connectivity index (χ0v) is 13.7.